The summed E-state index contributed by atoms with van der Waals surface area (Å²) in [4.78, 5) is 0. The predicted octanol–water partition coefficient (Wildman–Crippen LogP) is 4.00. The van der Waals surface area contributed by atoms with E-state index in [1.54, 1.807) is 5.19 Å². The van der Waals surface area contributed by atoms with E-state index in [2.05, 4.69) is 63.8 Å². The molecule has 0 aliphatic rings. The SMILES string of the molecule is Cc1cc([Si](C)(C)C)c2cc(C)ccc2c1. The van der Waals surface area contributed by atoms with E-state index in [1.807, 2.05) is 0 Å². The van der Waals surface area contributed by atoms with Crippen LogP contribution in [0.15, 0.2) is 30.3 Å². The molecule has 0 heterocycles. The van der Waals surface area contributed by atoms with Gasteiger partial charge in [0.15, 0.2) is 0 Å². The van der Waals surface area contributed by atoms with Crippen LogP contribution in [0.4, 0.5) is 0 Å². The second-order valence-electron chi connectivity index (χ2n) is 5.79. The lowest BCUT2D eigenvalue weighted by molar-refractivity contribution is 1.48. The van der Waals surface area contributed by atoms with Crippen LogP contribution < -0.4 is 5.19 Å². The van der Waals surface area contributed by atoms with Crippen molar-refractivity contribution in [3.8, 4) is 0 Å². The summed E-state index contributed by atoms with van der Waals surface area (Å²) in [6.45, 7) is 11.6. The highest BCUT2D eigenvalue weighted by atomic mass is 28.3. The molecule has 2 rings (SSSR count). The molecule has 0 nitrogen and oxygen atoms in total. The zero-order valence-corrected chi connectivity index (χ0v) is 11.9. The molecule has 0 atom stereocenters. The Morgan fingerprint density at radius 1 is 0.812 bits per heavy atom. The van der Waals surface area contributed by atoms with Crippen LogP contribution in [0, 0.1) is 13.8 Å². The molecule has 2 aromatic rings. The average Bonchev–Trinajstić information content (AvgIpc) is 2.16. The molecule has 0 amide bonds. The molecule has 0 aliphatic carbocycles. The second-order valence-corrected chi connectivity index (χ2v) is 10.8. The average molecular weight is 228 g/mol. The first-order chi connectivity index (χ1) is 7.38. The highest BCUT2D eigenvalue weighted by molar-refractivity contribution is 6.90. The van der Waals surface area contributed by atoms with Gasteiger partial charge in [0, 0.05) is 0 Å². The highest BCUT2D eigenvalue weighted by Crippen LogP contribution is 2.19. The first-order valence-corrected chi connectivity index (χ1v) is 9.39. The topological polar surface area (TPSA) is 0 Å². The van der Waals surface area contributed by atoms with Crippen LogP contribution in [0.3, 0.4) is 0 Å². The minimum absolute atomic E-state index is 1.25. The number of hydrogen-bond donors (Lipinski definition) is 0. The third-order valence-electron chi connectivity index (χ3n) is 3.06. The van der Waals surface area contributed by atoms with Crippen LogP contribution in [0.1, 0.15) is 11.1 Å². The Hall–Kier alpha value is -1.08. The Bertz CT molecular complexity index is 533. The van der Waals surface area contributed by atoms with Gasteiger partial charge in [-0.25, -0.2) is 0 Å². The van der Waals surface area contributed by atoms with Crippen LogP contribution in [-0.4, -0.2) is 8.07 Å². The van der Waals surface area contributed by atoms with Crippen molar-refractivity contribution in [3.05, 3.63) is 41.5 Å². The number of aryl methyl sites for hydroxylation is 2. The lowest BCUT2D eigenvalue weighted by Crippen LogP contribution is -2.38. The molecule has 0 fully saturated rings. The maximum Gasteiger partial charge on any atom is 0.0784 e. The quantitative estimate of drug-likeness (QED) is 0.647. The van der Waals surface area contributed by atoms with Crippen LogP contribution in [0.25, 0.3) is 10.8 Å². The maximum atomic E-state index is 2.42. The Balaban J connectivity index is 2.85. The fourth-order valence-electron chi connectivity index (χ4n) is 2.24. The smallest absolute Gasteiger partial charge is 0.0656 e. The molecule has 0 aromatic heterocycles. The van der Waals surface area contributed by atoms with Crippen molar-refractivity contribution >= 4 is 24.0 Å². The van der Waals surface area contributed by atoms with E-state index < -0.39 is 8.07 Å². The van der Waals surface area contributed by atoms with E-state index in [-0.39, 0.29) is 0 Å². The summed E-state index contributed by atoms with van der Waals surface area (Å²) in [7, 11) is -1.25. The van der Waals surface area contributed by atoms with Gasteiger partial charge in [0.05, 0.1) is 8.07 Å². The van der Waals surface area contributed by atoms with Crippen LogP contribution in [0.5, 0.6) is 0 Å². The molecule has 84 valence electrons. The van der Waals surface area contributed by atoms with Crippen molar-refractivity contribution in [2.75, 3.05) is 0 Å². The van der Waals surface area contributed by atoms with Gasteiger partial charge >= 0.3 is 0 Å². The van der Waals surface area contributed by atoms with Gasteiger partial charge in [-0.2, -0.15) is 0 Å². The summed E-state index contributed by atoms with van der Waals surface area (Å²) >= 11 is 0. The Labute approximate surface area is 99.3 Å². The molecule has 0 spiro atoms. The van der Waals surface area contributed by atoms with Gasteiger partial charge in [-0.1, -0.05) is 66.3 Å². The third kappa shape index (κ3) is 2.05. The number of fused-ring (bicyclic) bond motifs is 1. The minimum atomic E-state index is -1.25. The zero-order valence-electron chi connectivity index (χ0n) is 10.9. The van der Waals surface area contributed by atoms with Gasteiger partial charge in [0.25, 0.3) is 0 Å². The van der Waals surface area contributed by atoms with E-state index in [0.717, 1.165) is 0 Å². The highest BCUT2D eigenvalue weighted by Gasteiger charge is 2.19. The van der Waals surface area contributed by atoms with E-state index >= 15 is 0 Å². The fourth-order valence-corrected chi connectivity index (χ4v) is 3.93. The van der Waals surface area contributed by atoms with Crippen LogP contribution in [-0.2, 0) is 0 Å². The molecule has 0 unspecified atom stereocenters. The molecule has 2 aromatic carbocycles. The largest absolute Gasteiger partial charge is 0.0784 e. The molecule has 0 bridgehead atoms. The van der Waals surface area contributed by atoms with Gasteiger partial charge in [0.1, 0.15) is 0 Å². The van der Waals surface area contributed by atoms with Gasteiger partial charge in [0.2, 0.25) is 0 Å². The van der Waals surface area contributed by atoms with Gasteiger partial charge < -0.3 is 0 Å². The minimum Gasteiger partial charge on any atom is -0.0656 e. The molecule has 0 saturated carbocycles. The lowest BCUT2D eigenvalue weighted by Gasteiger charge is -2.20. The normalized spacial score (nSPS) is 12.1. The van der Waals surface area contributed by atoms with Crippen molar-refractivity contribution in [1.29, 1.82) is 0 Å². The molecule has 1 heteroatoms. The molecular formula is C15H20Si. The van der Waals surface area contributed by atoms with Crippen LogP contribution >= 0.6 is 0 Å². The van der Waals surface area contributed by atoms with E-state index in [9.17, 15) is 0 Å². The summed E-state index contributed by atoms with van der Waals surface area (Å²) in [5.74, 6) is 0. The van der Waals surface area contributed by atoms with Gasteiger partial charge in [-0.15, -0.1) is 0 Å². The standard InChI is InChI=1S/C15H20Si/c1-11-6-7-13-8-12(2)10-15(14(13)9-11)16(3,4)5/h6-10H,1-5H3. The maximum absolute atomic E-state index is 2.42. The van der Waals surface area contributed by atoms with Crippen molar-refractivity contribution < 1.29 is 0 Å². The summed E-state index contributed by atoms with van der Waals surface area (Å²) in [6.07, 6.45) is 0. The summed E-state index contributed by atoms with van der Waals surface area (Å²) in [6, 6.07) is 11.5. The van der Waals surface area contributed by atoms with Crippen molar-refractivity contribution in [1.82, 2.24) is 0 Å². The second kappa shape index (κ2) is 3.74. The molecule has 16 heavy (non-hydrogen) atoms. The van der Waals surface area contributed by atoms with Gasteiger partial charge in [-0.3, -0.25) is 0 Å². The molecule has 0 saturated heterocycles. The first-order valence-electron chi connectivity index (χ1n) is 5.89. The monoisotopic (exact) mass is 228 g/mol. The predicted molar refractivity (Wildman–Crippen MR) is 76.4 cm³/mol. The number of rotatable bonds is 1. The summed E-state index contributed by atoms with van der Waals surface area (Å²) in [5.41, 5.74) is 2.74. The lowest BCUT2D eigenvalue weighted by atomic mass is 10.1. The first kappa shape index (κ1) is 11.4. The summed E-state index contributed by atoms with van der Waals surface area (Å²) < 4.78 is 0. The summed E-state index contributed by atoms with van der Waals surface area (Å²) in [5, 5.41) is 4.44. The third-order valence-corrected chi connectivity index (χ3v) is 5.09. The zero-order chi connectivity index (χ0) is 11.9. The Kier molecular flexibility index (Phi) is 2.67. The van der Waals surface area contributed by atoms with Crippen LogP contribution in [0.2, 0.25) is 19.6 Å². The van der Waals surface area contributed by atoms with E-state index in [0.29, 0.717) is 0 Å². The van der Waals surface area contributed by atoms with Gasteiger partial charge in [-0.05, 0) is 24.6 Å². The van der Waals surface area contributed by atoms with Crippen molar-refractivity contribution in [2.24, 2.45) is 0 Å². The van der Waals surface area contributed by atoms with Crippen molar-refractivity contribution in [3.63, 3.8) is 0 Å². The van der Waals surface area contributed by atoms with E-state index in [1.165, 1.54) is 21.9 Å². The molecule has 0 radical (unpaired) electrons. The Morgan fingerprint density at radius 3 is 2.12 bits per heavy atom. The molecule has 0 aliphatic heterocycles. The van der Waals surface area contributed by atoms with E-state index in [4.69, 9.17) is 0 Å². The molecule has 0 N–H and O–H groups in total. The van der Waals surface area contributed by atoms with Crippen molar-refractivity contribution in [2.45, 2.75) is 33.5 Å². The number of benzene rings is 2. The fraction of sp³-hybridized carbons (Fsp3) is 0.333. The Morgan fingerprint density at radius 2 is 1.50 bits per heavy atom. The molecular weight excluding hydrogens is 208 g/mol. The number of hydrogen-bond acceptors (Lipinski definition) is 0.